The van der Waals surface area contributed by atoms with Gasteiger partial charge in [-0.05, 0) is 24.3 Å². The van der Waals surface area contributed by atoms with Crippen molar-refractivity contribution in [1.82, 2.24) is 0 Å². The van der Waals surface area contributed by atoms with Crippen molar-refractivity contribution >= 4 is 17.6 Å². The van der Waals surface area contributed by atoms with Crippen LogP contribution in [0.25, 0.3) is 0 Å². The molecule has 0 heterocycles. The predicted octanol–water partition coefficient (Wildman–Crippen LogP) is 2.86. The lowest BCUT2D eigenvalue weighted by Gasteiger charge is -1.95. The van der Waals surface area contributed by atoms with Crippen LogP contribution in [0.5, 0.6) is 0 Å². The van der Waals surface area contributed by atoms with Gasteiger partial charge in [-0.25, -0.2) is 4.79 Å². The van der Waals surface area contributed by atoms with Crippen molar-refractivity contribution in [1.29, 1.82) is 0 Å². The van der Waals surface area contributed by atoms with E-state index in [-0.39, 0.29) is 0 Å². The molecule has 1 aliphatic rings. The summed E-state index contributed by atoms with van der Waals surface area (Å²) in [6, 6.07) is 0. The maximum absolute atomic E-state index is 11.0. The molecule has 0 spiro atoms. The van der Waals surface area contributed by atoms with Gasteiger partial charge in [-0.1, -0.05) is 31.4 Å². The number of methoxy groups -OCH3 is 1. The predicted molar refractivity (Wildman–Crippen MR) is 52.5 cm³/mol. The lowest BCUT2D eigenvalue weighted by Crippen LogP contribution is -1.99. The molecule has 1 aliphatic carbocycles. The van der Waals surface area contributed by atoms with Crippen molar-refractivity contribution in [2.75, 3.05) is 7.11 Å². The van der Waals surface area contributed by atoms with Crippen LogP contribution in [-0.2, 0) is 9.53 Å². The molecule has 0 bridgehead atoms. The molecular formula is C10H15ClO2. The highest BCUT2D eigenvalue weighted by Gasteiger charge is 2.34. The first kappa shape index (κ1) is 10.6. The van der Waals surface area contributed by atoms with Crippen LogP contribution in [0, 0.1) is 5.92 Å². The fourth-order valence-corrected chi connectivity index (χ4v) is 1.73. The summed E-state index contributed by atoms with van der Waals surface area (Å²) in [7, 11) is 1.36. The van der Waals surface area contributed by atoms with Gasteiger partial charge in [0.1, 0.15) is 5.03 Å². The van der Waals surface area contributed by atoms with E-state index in [1.807, 2.05) is 0 Å². The summed E-state index contributed by atoms with van der Waals surface area (Å²) in [5, 5.41) is 0.309. The van der Waals surface area contributed by atoms with E-state index < -0.39 is 5.97 Å². The molecule has 2 nitrogen and oxygen atoms in total. The summed E-state index contributed by atoms with van der Waals surface area (Å²) >= 11 is 5.81. The SMILES string of the molecule is CCCCC1CC1=C(Cl)C(=O)OC. The van der Waals surface area contributed by atoms with Gasteiger partial charge in [0.05, 0.1) is 7.11 Å². The Morgan fingerprint density at radius 3 is 2.92 bits per heavy atom. The van der Waals surface area contributed by atoms with E-state index in [4.69, 9.17) is 11.6 Å². The van der Waals surface area contributed by atoms with E-state index in [0.29, 0.717) is 11.0 Å². The first-order valence-corrected chi connectivity index (χ1v) is 5.05. The van der Waals surface area contributed by atoms with Crippen molar-refractivity contribution in [3.05, 3.63) is 10.6 Å². The van der Waals surface area contributed by atoms with Gasteiger partial charge in [0.15, 0.2) is 0 Å². The largest absolute Gasteiger partial charge is 0.465 e. The lowest BCUT2D eigenvalue weighted by atomic mass is 10.2. The van der Waals surface area contributed by atoms with E-state index in [9.17, 15) is 4.79 Å². The first-order valence-electron chi connectivity index (χ1n) is 4.67. The second-order valence-corrected chi connectivity index (χ2v) is 3.75. The Balaban J connectivity index is 2.42. The summed E-state index contributed by atoms with van der Waals surface area (Å²) in [6.45, 7) is 2.16. The molecule has 1 rings (SSSR count). The van der Waals surface area contributed by atoms with Crippen LogP contribution in [0.2, 0.25) is 0 Å². The smallest absolute Gasteiger partial charge is 0.349 e. The van der Waals surface area contributed by atoms with Gasteiger partial charge in [0, 0.05) is 0 Å². The molecule has 0 aromatic carbocycles. The molecule has 1 saturated carbocycles. The van der Waals surface area contributed by atoms with Gasteiger partial charge < -0.3 is 4.74 Å². The Labute approximate surface area is 83.9 Å². The van der Waals surface area contributed by atoms with E-state index in [2.05, 4.69) is 11.7 Å². The number of carbonyl (C=O) groups is 1. The average Bonchev–Trinajstić information content (AvgIpc) is 2.91. The minimum absolute atomic E-state index is 0.309. The number of hydrogen-bond donors (Lipinski definition) is 0. The normalized spacial score (nSPS) is 24.1. The third-order valence-electron chi connectivity index (χ3n) is 2.35. The van der Waals surface area contributed by atoms with Crippen LogP contribution in [0.1, 0.15) is 32.6 Å². The third kappa shape index (κ3) is 2.73. The van der Waals surface area contributed by atoms with E-state index in [1.165, 1.54) is 20.0 Å². The summed E-state index contributed by atoms with van der Waals surface area (Å²) in [4.78, 5) is 11.0. The highest BCUT2D eigenvalue weighted by Crippen LogP contribution is 2.45. The second-order valence-electron chi connectivity index (χ2n) is 3.37. The third-order valence-corrected chi connectivity index (χ3v) is 2.75. The van der Waals surface area contributed by atoms with Gasteiger partial charge in [0.2, 0.25) is 0 Å². The Morgan fingerprint density at radius 2 is 2.38 bits per heavy atom. The molecule has 0 aromatic heterocycles. The van der Waals surface area contributed by atoms with E-state index in [0.717, 1.165) is 18.4 Å². The molecule has 74 valence electrons. The van der Waals surface area contributed by atoms with Crippen LogP contribution in [0.15, 0.2) is 10.6 Å². The number of halogens is 1. The Kier molecular flexibility index (Phi) is 3.79. The topological polar surface area (TPSA) is 26.3 Å². The summed E-state index contributed by atoms with van der Waals surface area (Å²) in [5.41, 5.74) is 1.09. The number of carbonyl (C=O) groups excluding carboxylic acids is 1. The zero-order valence-electron chi connectivity index (χ0n) is 8.10. The average molecular weight is 203 g/mol. The molecule has 3 heteroatoms. The van der Waals surface area contributed by atoms with Crippen LogP contribution in [0.4, 0.5) is 0 Å². The fraction of sp³-hybridized carbons (Fsp3) is 0.700. The standard InChI is InChI=1S/C10H15ClO2/c1-3-4-5-7-6-8(7)9(11)10(12)13-2/h7H,3-6H2,1-2H3. The maximum atomic E-state index is 11.0. The molecule has 1 fully saturated rings. The number of ether oxygens (including phenoxy) is 1. The van der Waals surface area contributed by atoms with Crippen molar-refractivity contribution < 1.29 is 9.53 Å². The molecule has 0 radical (unpaired) electrons. The minimum atomic E-state index is -0.393. The van der Waals surface area contributed by atoms with Crippen LogP contribution >= 0.6 is 11.6 Å². The molecule has 0 amide bonds. The molecule has 0 saturated heterocycles. The number of rotatable bonds is 4. The zero-order chi connectivity index (χ0) is 9.84. The van der Waals surface area contributed by atoms with Crippen LogP contribution < -0.4 is 0 Å². The molecule has 1 unspecified atom stereocenters. The Bertz CT molecular complexity index is 233. The quantitative estimate of drug-likeness (QED) is 0.518. The first-order chi connectivity index (χ1) is 6.20. The molecule has 0 aliphatic heterocycles. The van der Waals surface area contributed by atoms with E-state index >= 15 is 0 Å². The Hall–Kier alpha value is -0.500. The van der Waals surface area contributed by atoms with E-state index in [1.54, 1.807) is 0 Å². The minimum Gasteiger partial charge on any atom is -0.465 e. The van der Waals surface area contributed by atoms with Crippen molar-refractivity contribution in [3.63, 3.8) is 0 Å². The van der Waals surface area contributed by atoms with Gasteiger partial charge in [-0.15, -0.1) is 0 Å². The summed E-state index contributed by atoms with van der Waals surface area (Å²) < 4.78 is 4.54. The number of esters is 1. The fourth-order valence-electron chi connectivity index (χ4n) is 1.42. The summed E-state index contributed by atoms with van der Waals surface area (Å²) in [6.07, 6.45) is 4.53. The lowest BCUT2D eigenvalue weighted by molar-refractivity contribution is -0.135. The van der Waals surface area contributed by atoms with Gasteiger partial charge in [-0.3, -0.25) is 0 Å². The van der Waals surface area contributed by atoms with Crippen LogP contribution in [-0.4, -0.2) is 13.1 Å². The van der Waals surface area contributed by atoms with Crippen molar-refractivity contribution in [2.24, 2.45) is 5.92 Å². The molecule has 0 N–H and O–H groups in total. The van der Waals surface area contributed by atoms with Crippen molar-refractivity contribution in [2.45, 2.75) is 32.6 Å². The van der Waals surface area contributed by atoms with Crippen LogP contribution in [0.3, 0.4) is 0 Å². The van der Waals surface area contributed by atoms with Gasteiger partial charge in [-0.2, -0.15) is 0 Å². The molecule has 1 atom stereocenters. The number of allylic oxidation sites excluding steroid dienone is 1. The monoisotopic (exact) mass is 202 g/mol. The number of unbranched alkanes of at least 4 members (excludes halogenated alkanes) is 1. The number of hydrogen-bond acceptors (Lipinski definition) is 2. The summed E-state index contributed by atoms with van der Waals surface area (Å²) in [5.74, 6) is 0.155. The highest BCUT2D eigenvalue weighted by molar-refractivity contribution is 6.41. The highest BCUT2D eigenvalue weighted by atomic mass is 35.5. The second kappa shape index (κ2) is 4.66. The molecular weight excluding hydrogens is 188 g/mol. The maximum Gasteiger partial charge on any atom is 0.349 e. The Morgan fingerprint density at radius 1 is 1.69 bits per heavy atom. The molecule has 13 heavy (non-hydrogen) atoms. The van der Waals surface area contributed by atoms with Gasteiger partial charge in [0.25, 0.3) is 0 Å². The zero-order valence-corrected chi connectivity index (χ0v) is 8.86. The van der Waals surface area contributed by atoms with Gasteiger partial charge >= 0.3 is 5.97 Å². The molecule has 0 aromatic rings. The van der Waals surface area contributed by atoms with Crippen molar-refractivity contribution in [3.8, 4) is 0 Å².